The standard InChI is InChI=1S/C11H18O2/c1-6-5-9(11-7(2)13-11)8-3-4-12-10(6)8/h6-11H,3-5H2,1-2H3. The summed E-state index contributed by atoms with van der Waals surface area (Å²) in [5.74, 6) is 2.37. The fourth-order valence-corrected chi connectivity index (χ4v) is 3.44. The van der Waals surface area contributed by atoms with Crippen LogP contribution in [0.25, 0.3) is 0 Å². The lowest BCUT2D eigenvalue weighted by molar-refractivity contribution is 0.0702. The highest BCUT2D eigenvalue weighted by molar-refractivity contribution is 5.01. The van der Waals surface area contributed by atoms with Gasteiger partial charge < -0.3 is 9.47 Å². The summed E-state index contributed by atoms with van der Waals surface area (Å²) in [6.07, 6.45) is 4.24. The predicted molar refractivity (Wildman–Crippen MR) is 49.5 cm³/mol. The Kier molecular flexibility index (Phi) is 1.72. The van der Waals surface area contributed by atoms with Gasteiger partial charge in [0.15, 0.2) is 0 Å². The van der Waals surface area contributed by atoms with Gasteiger partial charge in [0.05, 0.1) is 18.3 Å². The van der Waals surface area contributed by atoms with E-state index in [4.69, 9.17) is 9.47 Å². The highest BCUT2D eigenvalue weighted by Gasteiger charge is 2.53. The SMILES string of the molecule is CC1CC(C2OC2C)C2CCOC12. The van der Waals surface area contributed by atoms with Crippen molar-refractivity contribution in [2.75, 3.05) is 6.61 Å². The molecule has 6 atom stereocenters. The topological polar surface area (TPSA) is 21.8 Å². The van der Waals surface area contributed by atoms with Gasteiger partial charge in [-0.1, -0.05) is 6.92 Å². The molecule has 1 aliphatic carbocycles. The molecule has 13 heavy (non-hydrogen) atoms. The molecule has 1 saturated carbocycles. The average molecular weight is 182 g/mol. The smallest absolute Gasteiger partial charge is 0.0870 e. The van der Waals surface area contributed by atoms with Crippen molar-refractivity contribution in [3.8, 4) is 0 Å². The minimum atomic E-state index is 0.525. The highest BCUT2D eigenvalue weighted by atomic mass is 16.6. The van der Waals surface area contributed by atoms with Crippen LogP contribution in [0.5, 0.6) is 0 Å². The summed E-state index contributed by atoms with van der Waals surface area (Å²) in [4.78, 5) is 0. The largest absolute Gasteiger partial charge is 0.378 e. The van der Waals surface area contributed by atoms with Gasteiger partial charge in [-0.05, 0) is 37.5 Å². The van der Waals surface area contributed by atoms with Crippen LogP contribution in [-0.2, 0) is 9.47 Å². The van der Waals surface area contributed by atoms with Crippen LogP contribution in [0.4, 0.5) is 0 Å². The second-order valence-electron chi connectivity index (χ2n) is 4.97. The Labute approximate surface area is 79.6 Å². The first kappa shape index (κ1) is 8.25. The number of ether oxygens (including phenoxy) is 2. The van der Waals surface area contributed by atoms with Gasteiger partial charge in [0.25, 0.3) is 0 Å². The zero-order chi connectivity index (χ0) is 9.00. The summed E-state index contributed by atoms with van der Waals surface area (Å²) in [6.45, 7) is 5.51. The molecule has 0 aromatic heterocycles. The Hall–Kier alpha value is -0.0800. The number of epoxide rings is 1. The molecule has 0 radical (unpaired) electrons. The lowest BCUT2D eigenvalue weighted by Crippen LogP contribution is -2.20. The fraction of sp³-hybridized carbons (Fsp3) is 1.00. The summed E-state index contributed by atoms with van der Waals surface area (Å²) >= 11 is 0. The fourth-order valence-electron chi connectivity index (χ4n) is 3.44. The molecule has 2 aliphatic heterocycles. The molecular formula is C11H18O2. The number of fused-ring (bicyclic) bond motifs is 1. The van der Waals surface area contributed by atoms with Gasteiger partial charge in [0.2, 0.25) is 0 Å². The maximum absolute atomic E-state index is 5.78. The molecule has 2 nitrogen and oxygen atoms in total. The van der Waals surface area contributed by atoms with Gasteiger partial charge in [-0.3, -0.25) is 0 Å². The van der Waals surface area contributed by atoms with E-state index >= 15 is 0 Å². The lowest BCUT2D eigenvalue weighted by atomic mass is 9.89. The van der Waals surface area contributed by atoms with Crippen LogP contribution in [-0.4, -0.2) is 24.9 Å². The van der Waals surface area contributed by atoms with E-state index in [1.165, 1.54) is 12.8 Å². The van der Waals surface area contributed by atoms with Gasteiger partial charge in [0.1, 0.15) is 0 Å². The van der Waals surface area contributed by atoms with E-state index in [1.807, 2.05) is 0 Å². The molecular weight excluding hydrogens is 164 g/mol. The van der Waals surface area contributed by atoms with Gasteiger partial charge in [-0.2, -0.15) is 0 Å². The minimum Gasteiger partial charge on any atom is -0.378 e. The summed E-state index contributed by atoms with van der Waals surface area (Å²) in [6, 6.07) is 0. The van der Waals surface area contributed by atoms with Crippen molar-refractivity contribution in [3.05, 3.63) is 0 Å². The molecule has 0 bridgehead atoms. The summed E-state index contributed by atoms with van der Waals surface area (Å²) in [5, 5.41) is 0. The van der Waals surface area contributed by atoms with Crippen LogP contribution >= 0.6 is 0 Å². The minimum absolute atomic E-state index is 0.525. The molecule has 2 heterocycles. The molecule has 0 amide bonds. The Bertz CT molecular complexity index is 216. The van der Waals surface area contributed by atoms with Gasteiger partial charge >= 0.3 is 0 Å². The number of hydrogen-bond acceptors (Lipinski definition) is 2. The van der Waals surface area contributed by atoms with E-state index in [0.717, 1.165) is 24.4 Å². The normalized spacial score (nSPS) is 59.5. The Morgan fingerprint density at radius 2 is 1.85 bits per heavy atom. The zero-order valence-electron chi connectivity index (χ0n) is 8.40. The van der Waals surface area contributed by atoms with E-state index in [2.05, 4.69) is 13.8 Å². The van der Waals surface area contributed by atoms with E-state index in [9.17, 15) is 0 Å². The van der Waals surface area contributed by atoms with Crippen molar-refractivity contribution in [1.82, 2.24) is 0 Å². The van der Waals surface area contributed by atoms with Crippen LogP contribution < -0.4 is 0 Å². The summed E-state index contributed by atoms with van der Waals surface area (Å²) in [5.41, 5.74) is 0. The maximum atomic E-state index is 5.78. The van der Waals surface area contributed by atoms with Crippen molar-refractivity contribution in [3.63, 3.8) is 0 Å². The summed E-state index contributed by atoms with van der Waals surface area (Å²) in [7, 11) is 0. The zero-order valence-corrected chi connectivity index (χ0v) is 8.40. The Balaban J connectivity index is 1.75. The van der Waals surface area contributed by atoms with Gasteiger partial charge in [-0.25, -0.2) is 0 Å². The molecule has 6 unspecified atom stereocenters. The van der Waals surface area contributed by atoms with Crippen LogP contribution in [0.2, 0.25) is 0 Å². The molecule has 2 heteroatoms. The monoisotopic (exact) mass is 182 g/mol. The number of rotatable bonds is 1. The molecule has 0 aromatic rings. The van der Waals surface area contributed by atoms with E-state index in [-0.39, 0.29) is 0 Å². The first-order chi connectivity index (χ1) is 6.27. The molecule has 0 N–H and O–H groups in total. The van der Waals surface area contributed by atoms with E-state index < -0.39 is 0 Å². The van der Waals surface area contributed by atoms with Crippen molar-refractivity contribution >= 4 is 0 Å². The van der Waals surface area contributed by atoms with E-state index in [1.54, 1.807) is 0 Å². The molecule has 0 spiro atoms. The first-order valence-corrected chi connectivity index (χ1v) is 5.54. The third kappa shape index (κ3) is 1.15. The van der Waals surface area contributed by atoms with Crippen LogP contribution in [0.3, 0.4) is 0 Å². The molecule has 3 fully saturated rings. The molecule has 74 valence electrons. The van der Waals surface area contributed by atoms with Crippen molar-refractivity contribution in [2.45, 2.75) is 45.0 Å². The predicted octanol–water partition coefficient (Wildman–Crippen LogP) is 1.83. The quantitative estimate of drug-likeness (QED) is 0.577. The average Bonchev–Trinajstić information content (AvgIpc) is 2.60. The van der Waals surface area contributed by atoms with Crippen LogP contribution in [0.15, 0.2) is 0 Å². The van der Waals surface area contributed by atoms with Gasteiger partial charge in [-0.15, -0.1) is 0 Å². The highest BCUT2D eigenvalue weighted by Crippen LogP contribution is 2.50. The lowest BCUT2D eigenvalue weighted by Gasteiger charge is -2.14. The summed E-state index contributed by atoms with van der Waals surface area (Å²) < 4.78 is 11.4. The maximum Gasteiger partial charge on any atom is 0.0870 e. The third-order valence-electron chi connectivity index (χ3n) is 4.12. The van der Waals surface area contributed by atoms with Crippen molar-refractivity contribution in [1.29, 1.82) is 0 Å². The molecule has 3 aliphatic rings. The van der Waals surface area contributed by atoms with E-state index in [0.29, 0.717) is 18.3 Å². The second kappa shape index (κ2) is 2.71. The molecule has 3 rings (SSSR count). The Morgan fingerprint density at radius 1 is 1.08 bits per heavy atom. The molecule has 2 saturated heterocycles. The van der Waals surface area contributed by atoms with Crippen LogP contribution in [0.1, 0.15) is 26.7 Å². The third-order valence-corrected chi connectivity index (χ3v) is 4.12. The van der Waals surface area contributed by atoms with Crippen molar-refractivity contribution in [2.24, 2.45) is 17.8 Å². The second-order valence-corrected chi connectivity index (χ2v) is 4.97. The molecule has 0 aromatic carbocycles. The Morgan fingerprint density at radius 3 is 2.54 bits per heavy atom. The first-order valence-electron chi connectivity index (χ1n) is 5.54. The number of hydrogen-bond donors (Lipinski definition) is 0. The van der Waals surface area contributed by atoms with Crippen molar-refractivity contribution < 1.29 is 9.47 Å². The van der Waals surface area contributed by atoms with Gasteiger partial charge in [0, 0.05) is 6.61 Å². The van der Waals surface area contributed by atoms with Crippen LogP contribution in [0, 0.1) is 17.8 Å².